The van der Waals surface area contributed by atoms with Crippen LogP contribution in [0.25, 0.3) is 0 Å². The molecule has 1 fully saturated rings. The molecule has 7 nitrogen and oxygen atoms in total. The van der Waals surface area contributed by atoms with Gasteiger partial charge in [0.1, 0.15) is 5.82 Å². The number of ether oxygens (including phenoxy) is 2. The Labute approximate surface area is 142 Å². The maximum atomic E-state index is 12.1. The van der Waals surface area contributed by atoms with Gasteiger partial charge in [-0.15, -0.1) is 0 Å². The lowest BCUT2D eigenvalue weighted by Gasteiger charge is -2.27. The van der Waals surface area contributed by atoms with Crippen LogP contribution in [0, 0.1) is 0 Å². The summed E-state index contributed by atoms with van der Waals surface area (Å²) in [5, 5.41) is 2.78. The Bertz CT molecular complexity index is 574. The average molecular weight is 335 g/mol. The third kappa shape index (κ3) is 5.19. The normalized spacial score (nSPS) is 16.4. The van der Waals surface area contributed by atoms with E-state index in [1.807, 2.05) is 20.8 Å². The van der Waals surface area contributed by atoms with Gasteiger partial charge >= 0.3 is 5.97 Å². The molecule has 1 aromatic rings. The van der Waals surface area contributed by atoms with Crippen molar-refractivity contribution in [3.63, 3.8) is 0 Å². The first-order chi connectivity index (χ1) is 11.3. The Hall–Kier alpha value is -2.15. The van der Waals surface area contributed by atoms with Gasteiger partial charge in [0, 0.05) is 24.8 Å². The van der Waals surface area contributed by atoms with Crippen LogP contribution in [0.15, 0.2) is 18.3 Å². The fraction of sp³-hybridized carbons (Fsp3) is 0.588. The van der Waals surface area contributed by atoms with E-state index < -0.39 is 12.1 Å². The van der Waals surface area contributed by atoms with Crippen LogP contribution in [0.4, 0.5) is 5.82 Å². The van der Waals surface area contributed by atoms with E-state index in [1.165, 1.54) is 6.20 Å². The van der Waals surface area contributed by atoms with Gasteiger partial charge in [-0.05, 0) is 39.8 Å². The number of nitrogens with one attached hydrogen (secondary N) is 1. The zero-order valence-electron chi connectivity index (χ0n) is 14.7. The van der Waals surface area contributed by atoms with Crippen molar-refractivity contribution < 1.29 is 19.1 Å². The number of rotatable bonds is 4. The summed E-state index contributed by atoms with van der Waals surface area (Å²) in [6, 6.07) is 3.44. The van der Waals surface area contributed by atoms with Gasteiger partial charge in [-0.2, -0.15) is 0 Å². The molecule has 1 saturated heterocycles. The van der Waals surface area contributed by atoms with E-state index in [0.717, 1.165) is 18.9 Å². The molecule has 1 N–H and O–H groups in total. The first kappa shape index (κ1) is 18.2. The zero-order valence-corrected chi connectivity index (χ0v) is 14.7. The number of morpholine rings is 1. The lowest BCUT2D eigenvalue weighted by Crippen LogP contribution is -2.46. The van der Waals surface area contributed by atoms with E-state index >= 15 is 0 Å². The van der Waals surface area contributed by atoms with Gasteiger partial charge in [0.25, 0.3) is 5.91 Å². The number of hydrogen-bond donors (Lipinski definition) is 1. The van der Waals surface area contributed by atoms with E-state index in [9.17, 15) is 9.59 Å². The highest BCUT2D eigenvalue weighted by atomic mass is 16.5. The van der Waals surface area contributed by atoms with Crippen molar-refractivity contribution in [2.75, 3.05) is 31.2 Å². The second-order valence-electron chi connectivity index (χ2n) is 6.79. The molecule has 0 saturated carbocycles. The number of hydrogen-bond acceptors (Lipinski definition) is 6. The number of aromatic nitrogens is 1. The zero-order chi connectivity index (χ0) is 17.7. The van der Waals surface area contributed by atoms with Crippen LogP contribution in [0.3, 0.4) is 0 Å². The lowest BCUT2D eigenvalue weighted by atomic mass is 10.1. The number of esters is 1. The molecule has 2 heterocycles. The Morgan fingerprint density at radius 3 is 2.50 bits per heavy atom. The Morgan fingerprint density at radius 1 is 1.29 bits per heavy atom. The molecule has 0 spiro atoms. The topological polar surface area (TPSA) is 80.8 Å². The molecular weight excluding hydrogens is 310 g/mol. The third-order valence-corrected chi connectivity index (χ3v) is 3.47. The molecule has 24 heavy (non-hydrogen) atoms. The minimum absolute atomic E-state index is 0.322. The molecule has 132 valence electrons. The van der Waals surface area contributed by atoms with E-state index in [-0.39, 0.29) is 11.4 Å². The van der Waals surface area contributed by atoms with Crippen molar-refractivity contribution in [1.29, 1.82) is 0 Å². The Morgan fingerprint density at radius 2 is 1.96 bits per heavy atom. The van der Waals surface area contributed by atoms with Gasteiger partial charge in [0.15, 0.2) is 6.10 Å². The van der Waals surface area contributed by atoms with Crippen LogP contribution in [-0.4, -0.2) is 54.8 Å². The number of carbonyl (C=O) groups excluding carboxylic acids is 2. The van der Waals surface area contributed by atoms with E-state index in [2.05, 4.69) is 15.2 Å². The number of amides is 1. The highest BCUT2D eigenvalue weighted by Gasteiger charge is 2.23. The largest absolute Gasteiger partial charge is 0.449 e. The molecule has 1 atom stereocenters. The lowest BCUT2D eigenvalue weighted by molar-refractivity contribution is -0.130. The Kier molecular flexibility index (Phi) is 5.77. The van der Waals surface area contributed by atoms with Gasteiger partial charge in [-0.1, -0.05) is 0 Å². The average Bonchev–Trinajstić information content (AvgIpc) is 2.54. The predicted molar refractivity (Wildman–Crippen MR) is 90.0 cm³/mol. The molecule has 0 bridgehead atoms. The number of pyridine rings is 1. The van der Waals surface area contributed by atoms with Crippen molar-refractivity contribution >= 4 is 17.7 Å². The van der Waals surface area contributed by atoms with Gasteiger partial charge in [-0.25, -0.2) is 9.78 Å². The number of nitrogens with zero attached hydrogens (tertiary/aromatic N) is 2. The highest BCUT2D eigenvalue weighted by molar-refractivity contribution is 5.92. The monoisotopic (exact) mass is 335 g/mol. The summed E-state index contributed by atoms with van der Waals surface area (Å²) in [7, 11) is 0. The molecule has 2 rings (SSSR count). The van der Waals surface area contributed by atoms with Gasteiger partial charge in [0.05, 0.1) is 18.8 Å². The molecule has 0 aliphatic carbocycles. The summed E-state index contributed by atoms with van der Waals surface area (Å²) >= 11 is 0. The molecule has 1 amide bonds. The minimum atomic E-state index is -0.865. The Balaban J connectivity index is 1.93. The van der Waals surface area contributed by atoms with Crippen LogP contribution < -0.4 is 10.2 Å². The van der Waals surface area contributed by atoms with Crippen LogP contribution in [0.1, 0.15) is 38.1 Å². The molecule has 1 unspecified atom stereocenters. The second-order valence-corrected chi connectivity index (χ2v) is 6.79. The van der Waals surface area contributed by atoms with Crippen molar-refractivity contribution in [2.24, 2.45) is 0 Å². The smallest absolute Gasteiger partial charge is 0.340 e. The molecule has 0 aromatic carbocycles. The maximum absolute atomic E-state index is 12.1. The fourth-order valence-electron chi connectivity index (χ4n) is 2.24. The van der Waals surface area contributed by atoms with Crippen LogP contribution >= 0.6 is 0 Å². The van der Waals surface area contributed by atoms with Crippen molar-refractivity contribution in [3.8, 4) is 0 Å². The summed E-state index contributed by atoms with van der Waals surface area (Å²) in [5.74, 6) is -0.0882. The second kappa shape index (κ2) is 7.61. The predicted octanol–water partition coefficient (Wildman–Crippen LogP) is 1.38. The van der Waals surface area contributed by atoms with Crippen LogP contribution in [-0.2, 0) is 14.3 Å². The molecule has 0 radical (unpaired) electrons. The summed E-state index contributed by atoms with van der Waals surface area (Å²) in [5.41, 5.74) is -0.0542. The van der Waals surface area contributed by atoms with Gasteiger partial charge in [0.2, 0.25) is 0 Å². The van der Waals surface area contributed by atoms with Gasteiger partial charge in [-0.3, -0.25) is 4.79 Å². The minimum Gasteiger partial charge on any atom is -0.449 e. The summed E-state index contributed by atoms with van der Waals surface area (Å²) < 4.78 is 10.5. The van der Waals surface area contributed by atoms with E-state index in [0.29, 0.717) is 18.8 Å². The standard InChI is InChI=1S/C17H25N3O4/c1-12(15(21)19-17(2,3)4)24-16(22)13-5-6-14(18-11-13)20-7-9-23-10-8-20/h5-6,11-12H,7-10H2,1-4H3,(H,19,21). The van der Waals surface area contributed by atoms with E-state index in [4.69, 9.17) is 9.47 Å². The first-order valence-corrected chi connectivity index (χ1v) is 8.08. The van der Waals surface area contributed by atoms with Crippen LogP contribution in [0.2, 0.25) is 0 Å². The first-order valence-electron chi connectivity index (χ1n) is 8.08. The summed E-state index contributed by atoms with van der Waals surface area (Å²) in [6.45, 7) is 10.1. The van der Waals surface area contributed by atoms with E-state index in [1.54, 1.807) is 19.1 Å². The molecule has 1 aliphatic heterocycles. The highest BCUT2D eigenvalue weighted by Crippen LogP contribution is 2.14. The number of anilines is 1. The number of carbonyl (C=O) groups is 2. The molecular formula is C17H25N3O4. The van der Waals surface area contributed by atoms with Crippen molar-refractivity contribution in [1.82, 2.24) is 10.3 Å². The fourth-order valence-corrected chi connectivity index (χ4v) is 2.24. The van der Waals surface area contributed by atoms with Crippen LogP contribution in [0.5, 0.6) is 0 Å². The summed E-state index contributed by atoms with van der Waals surface area (Å²) in [4.78, 5) is 30.5. The third-order valence-electron chi connectivity index (χ3n) is 3.47. The summed E-state index contributed by atoms with van der Waals surface area (Å²) in [6.07, 6.45) is 0.609. The SMILES string of the molecule is CC(OC(=O)c1ccc(N2CCOCC2)nc1)C(=O)NC(C)(C)C. The molecule has 1 aromatic heterocycles. The van der Waals surface area contributed by atoms with Gasteiger partial charge < -0.3 is 19.7 Å². The quantitative estimate of drug-likeness (QED) is 0.837. The molecule has 1 aliphatic rings. The molecule has 7 heteroatoms. The van der Waals surface area contributed by atoms with Crippen molar-refractivity contribution in [2.45, 2.75) is 39.3 Å². The van der Waals surface area contributed by atoms with Crippen molar-refractivity contribution in [3.05, 3.63) is 23.9 Å². The maximum Gasteiger partial charge on any atom is 0.340 e.